The van der Waals surface area contributed by atoms with Gasteiger partial charge >= 0.3 is 0 Å². The van der Waals surface area contributed by atoms with Crippen LogP contribution in [0.2, 0.25) is 0 Å². The summed E-state index contributed by atoms with van der Waals surface area (Å²) in [5, 5.41) is 6.59. The van der Waals surface area contributed by atoms with Gasteiger partial charge < -0.3 is 24.5 Å². The second-order valence-electron chi connectivity index (χ2n) is 5.91. The number of methoxy groups -OCH3 is 2. The molecule has 1 aromatic heterocycles. The van der Waals surface area contributed by atoms with E-state index < -0.39 is 0 Å². The van der Waals surface area contributed by atoms with Gasteiger partial charge in [0.25, 0.3) is 0 Å². The highest BCUT2D eigenvalue weighted by Gasteiger charge is 2.06. The SMILES string of the molecule is C=C(C)CNC(=NCc1ccc(OC)cc1OC)NCCc1ccco1. The van der Waals surface area contributed by atoms with Gasteiger partial charge in [-0.15, -0.1) is 0 Å². The number of nitrogens with zero attached hydrogens (tertiary/aromatic N) is 1. The number of rotatable bonds is 9. The first-order valence-corrected chi connectivity index (χ1v) is 8.52. The number of nitrogens with one attached hydrogen (secondary N) is 2. The van der Waals surface area contributed by atoms with Gasteiger partial charge in [-0.2, -0.15) is 0 Å². The Morgan fingerprint density at radius 3 is 2.69 bits per heavy atom. The third-order valence-electron chi connectivity index (χ3n) is 3.70. The van der Waals surface area contributed by atoms with Crippen LogP contribution in [0.15, 0.2) is 58.2 Å². The van der Waals surface area contributed by atoms with Crippen molar-refractivity contribution in [2.75, 3.05) is 27.3 Å². The van der Waals surface area contributed by atoms with Gasteiger partial charge in [0.05, 0.1) is 27.0 Å². The summed E-state index contributed by atoms with van der Waals surface area (Å²) in [7, 11) is 3.28. The fraction of sp³-hybridized carbons (Fsp3) is 0.350. The smallest absolute Gasteiger partial charge is 0.191 e. The summed E-state index contributed by atoms with van der Waals surface area (Å²) in [6.07, 6.45) is 2.46. The minimum absolute atomic E-state index is 0.486. The predicted molar refractivity (Wildman–Crippen MR) is 104 cm³/mol. The number of furan rings is 1. The molecule has 0 aliphatic rings. The molecule has 6 nitrogen and oxygen atoms in total. The van der Waals surface area contributed by atoms with Gasteiger partial charge in [0.2, 0.25) is 0 Å². The Hall–Kier alpha value is -2.89. The average molecular weight is 357 g/mol. The van der Waals surface area contributed by atoms with E-state index in [9.17, 15) is 0 Å². The van der Waals surface area contributed by atoms with Gasteiger partial charge in [-0.1, -0.05) is 12.2 Å². The van der Waals surface area contributed by atoms with Crippen LogP contribution in [-0.4, -0.2) is 33.3 Å². The molecule has 0 saturated heterocycles. The van der Waals surface area contributed by atoms with Crippen LogP contribution in [0.1, 0.15) is 18.2 Å². The molecule has 0 amide bonds. The van der Waals surface area contributed by atoms with E-state index in [0.29, 0.717) is 13.1 Å². The zero-order valence-electron chi connectivity index (χ0n) is 15.7. The third kappa shape index (κ3) is 6.20. The molecule has 2 aromatic rings. The van der Waals surface area contributed by atoms with E-state index >= 15 is 0 Å². The van der Waals surface area contributed by atoms with Crippen LogP contribution in [0, 0.1) is 0 Å². The molecule has 1 heterocycles. The van der Waals surface area contributed by atoms with Crippen molar-refractivity contribution in [1.82, 2.24) is 10.6 Å². The minimum Gasteiger partial charge on any atom is -0.497 e. The number of ether oxygens (including phenoxy) is 2. The number of hydrogen-bond acceptors (Lipinski definition) is 4. The van der Waals surface area contributed by atoms with Gasteiger partial charge in [0, 0.05) is 31.1 Å². The van der Waals surface area contributed by atoms with Crippen molar-refractivity contribution < 1.29 is 13.9 Å². The highest BCUT2D eigenvalue weighted by molar-refractivity contribution is 5.80. The molecule has 2 rings (SSSR count). The van der Waals surface area contributed by atoms with Gasteiger partial charge in [-0.3, -0.25) is 0 Å². The fourth-order valence-electron chi connectivity index (χ4n) is 2.31. The topological polar surface area (TPSA) is 68.0 Å². The lowest BCUT2D eigenvalue weighted by Gasteiger charge is -2.13. The maximum absolute atomic E-state index is 5.43. The lowest BCUT2D eigenvalue weighted by molar-refractivity contribution is 0.391. The van der Waals surface area contributed by atoms with Crippen molar-refractivity contribution >= 4 is 5.96 Å². The van der Waals surface area contributed by atoms with Crippen LogP contribution >= 0.6 is 0 Å². The Kier molecular flexibility index (Phi) is 7.61. The van der Waals surface area contributed by atoms with Crippen LogP contribution < -0.4 is 20.1 Å². The molecule has 26 heavy (non-hydrogen) atoms. The van der Waals surface area contributed by atoms with Gasteiger partial charge in [-0.25, -0.2) is 4.99 Å². The fourth-order valence-corrected chi connectivity index (χ4v) is 2.31. The molecule has 0 aliphatic carbocycles. The molecule has 140 valence electrons. The highest BCUT2D eigenvalue weighted by atomic mass is 16.5. The molecule has 0 bridgehead atoms. The van der Waals surface area contributed by atoms with Crippen molar-refractivity contribution in [2.45, 2.75) is 19.9 Å². The van der Waals surface area contributed by atoms with E-state index in [1.54, 1.807) is 20.5 Å². The van der Waals surface area contributed by atoms with Crippen molar-refractivity contribution in [2.24, 2.45) is 4.99 Å². The summed E-state index contributed by atoms with van der Waals surface area (Å²) in [6, 6.07) is 9.57. The van der Waals surface area contributed by atoms with E-state index in [-0.39, 0.29) is 0 Å². The standard InChI is InChI=1S/C20H27N3O3/c1-15(2)13-22-20(21-10-9-17-6-5-11-26-17)23-14-16-7-8-18(24-3)12-19(16)25-4/h5-8,11-12H,1,9-10,13-14H2,2-4H3,(H2,21,22,23). The van der Waals surface area contributed by atoms with Gasteiger partial charge in [0.1, 0.15) is 17.3 Å². The van der Waals surface area contributed by atoms with E-state index in [1.807, 2.05) is 37.3 Å². The molecule has 6 heteroatoms. The van der Waals surface area contributed by atoms with Crippen molar-refractivity contribution in [3.05, 3.63) is 60.1 Å². The van der Waals surface area contributed by atoms with Crippen LogP contribution in [0.3, 0.4) is 0 Å². The van der Waals surface area contributed by atoms with Gasteiger partial charge in [-0.05, 0) is 31.2 Å². The number of hydrogen-bond donors (Lipinski definition) is 2. The molecule has 0 atom stereocenters. The predicted octanol–water partition coefficient (Wildman–Crippen LogP) is 3.15. The normalized spacial score (nSPS) is 11.1. The van der Waals surface area contributed by atoms with Crippen LogP contribution in [0.5, 0.6) is 11.5 Å². The molecule has 0 spiro atoms. The average Bonchev–Trinajstić information content (AvgIpc) is 3.16. The van der Waals surface area contributed by atoms with Crippen molar-refractivity contribution in [1.29, 1.82) is 0 Å². The van der Waals surface area contributed by atoms with E-state index in [0.717, 1.165) is 47.3 Å². The minimum atomic E-state index is 0.486. The Labute approximate surface area is 154 Å². The summed E-state index contributed by atoms with van der Waals surface area (Å²) >= 11 is 0. The summed E-state index contributed by atoms with van der Waals surface area (Å²) in [4.78, 5) is 4.65. The Bertz CT molecular complexity index is 724. The summed E-state index contributed by atoms with van der Waals surface area (Å²) in [5.41, 5.74) is 2.02. The van der Waals surface area contributed by atoms with Crippen molar-refractivity contribution in [3.63, 3.8) is 0 Å². The maximum atomic E-state index is 5.43. The van der Waals surface area contributed by atoms with Crippen LogP contribution in [-0.2, 0) is 13.0 Å². The molecule has 0 aliphatic heterocycles. The molecular formula is C20H27N3O3. The van der Waals surface area contributed by atoms with Crippen molar-refractivity contribution in [3.8, 4) is 11.5 Å². The largest absolute Gasteiger partial charge is 0.497 e. The first-order valence-electron chi connectivity index (χ1n) is 8.52. The zero-order valence-corrected chi connectivity index (χ0v) is 15.7. The zero-order chi connectivity index (χ0) is 18.8. The second-order valence-corrected chi connectivity index (χ2v) is 5.91. The lowest BCUT2D eigenvalue weighted by atomic mass is 10.2. The molecule has 2 N–H and O–H groups in total. The first kappa shape index (κ1) is 19.4. The number of aliphatic imine (C=N–C) groups is 1. The summed E-state index contributed by atoms with van der Waals surface area (Å²) in [6.45, 7) is 7.75. The monoisotopic (exact) mass is 357 g/mol. The van der Waals surface area contributed by atoms with E-state index in [2.05, 4.69) is 22.2 Å². The van der Waals surface area contributed by atoms with Crippen LogP contribution in [0.25, 0.3) is 0 Å². The Morgan fingerprint density at radius 2 is 2.04 bits per heavy atom. The maximum Gasteiger partial charge on any atom is 0.191 e. The van der Waals surface area contributed by atoms with E-state index in [1.165, 1.54) is 0 Å². The molecule has 1 aromatic carbocycles. The van der Waals surface area contributed by atoms with Gasteiger partial charge in [0.15, 0.2) is 5.96 Å². The van der Waals surface area contributed by atoms with E-state index in [4.69, 9.17) is 13.9 Å². The molecule has 0 fully saturated rings. The Balaban J connectivity index is 2.02. The summed E-state index contributed by atoms with van der Waals surface area (Å²) in [5.74, 6) is 3.17. The molecule has 0 saturated carbocycles. The Morgan fingerprint density at radius 1 is 1.19 bits per heavy atom. The lowest BCUT2D eigenvalue weighted by Crippen LogP contribution is -2.39. The quantitative estimate of drug-likeness (QED) is 0.410. The number of guanidine groups is 1. The molecular weight excluding hydrogens is 330 g/mol. The van der Waals surface area contributed by atoms with Crippen LogP contribution in [0.4, 0.5) is 0 Å². The molecule has 0 radical (unpaired) electrons. The third-order valence-corrected chi connectivity index (χ3v) is 3.70. The summed E-state index contributed by atoms with van der Waals surface area (Å²) < 4.78 is 16.0. The highest BCUT2D eigenvalue weighted by Crippen LogP contribution is 2.25. The molecule has 0 unspecified atom stereocenters. The first-order chi connectivity index (χ1) is 12.6. The number of benzene rings is 1. The second kappa shape index (κ2) is 10.2.